The van der Waals surface area contributed by atoms with Gasteiger partial charge in [0.1, 0.15) is 5.82 Å². The van der Waals surface area contributed by atoms with Crippen LogP contribution in [-0.2, 0) is 11.2 Å². The van der Waals surface area contributed by atoms with Crippen molar-refractivity contribution in [1.29, 1.82) is 0 Å². The second-order valence-corrected chi connectivity index (χ2v) is 6.38. The average molecular weight is 472 g/mol. The second-order valence-electron chi connectivity index (χ2n) is 6.38. The predicted octanol–water partition coefficient (Wildman–Crippen LogP) is 2.21. The van der Waals surface area contributed by atoms with Gasteiger partial charge in [0, 0.05) is 51.8 Å². The third-order valence-electron chi connectivity index (χ3n) is 4.60. The van der Waals surface area contributed by atoms with Crippen LogP contribution >= 0.6 is 24.0 Å². The van der Waals surface area contributed by atoms with Gasteiger partial charge in [0.05, 0.1) is 6.61 Å². The summed E-state index contributed by atoms with van der Waals surface area (Å²) in [5, 5.41) is 11.9. The summed E-state index contributed by atoms with van der Waals surface area (Å²) in [5.74, 6) is 2.61. The van der Waals surface area contributed by atoms with Crippen molar-refractivity contribution in [3.63, 3.8) is 0 Å². The zero-order valence-electron chi connectivity index (χ0n) is 15.6. The van der Waals surface area contributed by atoms with Crippen LogP contribution in [-0.4, -0.2) is 65.4 Å². The van der Waals surface area contributed by atoms with Crippen LogP contribution in [0.3, 0.4) is 0 Å². The molecule has 7 nitrogen and oxygen atoms in total. The summed E-state index contributed by atoms with van der Waals surface area (Å²) in [4.78, 5) is 6.76. The largest absolute Gasteiger partial charge is 0.381 e. The zero-order chi connectivity index (χ0) is 17.5. The molecule has 1 unspecified atom stereocenters. The maximum absolute atomic E-state index is 5.55. The standard InChI is InChI=1S/C18H28N6O.HI/c1-3-25-14-15-9-12-23(13-15)18(19-2)20-10-6-8-17-22-21-16-7-4-5-11-24(16)17;/h4-5,7,11,15H,3,6,8-10,12-14H2,1-2H3,(H,19,20);1H. The maximum atomic E-state index is 5.55. The number of nitrogens with one attached hydrogen (secondary N) is 1. The van der Waals surface area contributed by atoms with Crippen LogP contribution in [0.4, 0.5) is 0 Å². The highest BCUT2D eigenvalue weighted by molar-refractivity contribution is 14.0. The highest BCUT2D eigenvalue weighted by Gasteiger charge is 2.24. The molecule has 0 radical (unpaired) electrons. The first-order valence-electron chi connectivity index (χ1n) is 9.13. The van der Waals surface area contributed by atoms with E-state index in [0.717, 1.165) is 63.1 Å². The molecular weight excluding hydrogens is 443 g/mol. The van der Waals surface area contributed by atoms with E-state index < -0.39 is 0 Å². The van der Waals surface area contributed by atoms with Crippen molar-refractivity contribution in [3.05, 3.63) is 30.2 Å². The minimum absolute atomic E-state index is 0. The summed E-state index contributed by atoms with van der Waals surface area (Å²) >= 11 is 0. The van der Waals surface area contributed by atoms with Crippen molar-refractivity contribution in [2.75, 3.05) is 39.9 Å². The first-order valence-corrected chi connectivity index (χ1v) is 9.13. The number of pyridine rings is 1. The molecule has 8 heteroatoms. The van der Waals surface area contributed by atoms with E-state index >= 15 is 0 Å². The molecule has 3 rings (SSSR count). The lowest BCUT2D eigenvalue weighted by molar-refractivity contribution is 0.114. The lowest BCUT2D eigenvalue weighted by atomic mass is 10.1. The number of guanidine groups is 1. The fraction of sp³-hybridized carbons (Fsp3) is 0.611. The summed E-state index contributed by atoms with van der Waals surface area (Å²) < 4.78 is 7.60. The lowest BCUT2D eigenvalue weighted by Crippen LogP contribution is -2.40. The molecule has 0 aliphatic carbocycles. The van der Waals surface area contributed by atoms with Gasteiger partial charge in [-0.05, 0) is 31.9 Å². The van der Waals surface area contributed by atoms with Gasteiger partial charge < -0.3 is 15.0 Å². The Morgan fingerprint density at radius 1 is 1.38 bits per heavy atom. The van der Waals surface area contributed by atoms with E-state index in [-0.39, 0.29) is 24.0 Å². The summed E-state index contributed by atoms with van der Waals surface area (Å²) in [6.45, 7) is 6.64. The summed E-state index contributed by atoms with van der Waals surface area (Å²) in [7, 11) is 1.85. The van der Waals surface area contributed by atoms with Crippen LogP contribution < -0.4 is 5.32 Å². The maximum Gasteiger partial charge on any atom is 0.193 e. The molecule has 1 fully saturated rings. The Balaban J connectivity index is 0.00000243. The summed E-state index contributed by atoms with van der Waals surface area (Å²) in [5.41, 5.74) is 0.902. The number of ether oxygens (including phenoxy) is 1. The first-order chi connectivity index (χ1) is 12.3. The average Bonchev–Trinajstić information content (AvgIpc) is 3.27. The van der Waals surface area contributed by atoms with E-state index in [9.17, 15) is 0 Å². The number of likely N-dealkylation sites (tertiary alicyclic amines) is 1. The van der Waals surface area contributed by atoms with Crippen molar-refractivity contribution >= 4 is 35.6 Å². The molecule has 2 aromatic heterocycles. The van der Waals surface area contributed by atoms with Crippen LogP contribution in [0.1, 0.15) is 25.6 Å². The van der Waals surface area contributed by atoms with Crippen LogP contribution in [0, 0.1) is 5.92 Å². The Labute approximate surface area is 172 Å². The molecule has 144 valence electrons. The predicted molar refractivity (Wildman–Crippen MR) is 114 cm³/mol. The minimum atomic E-state index is 0. The third kappa shape index (κ3) is 5.29. The van der Waals surface area contributed by atoms with Gasteiger partial charge in [-0.2, -0.15) is 0 Å². The zero-order valence-corrected chi connectivity index (χ0v) is 17.9. The van der Waals surface area contributed by atoms with Crippen LogP contribution in [0.2, 0.25) is 0 Å². The van der Waals surface area contributed by atoms with Gasteiger partial charge in [0.15, 0.2) is 11.6 Å². The molecule has 0 bridgehead atoms. The summed E-state index contributed by atoms with van der Waals surface area (Å²) in [6.07, 6.45) is 5.07. The number of hydrogen-bond donors (Lipinski definition) is 1. The molecule has 0 saturated carbocycles. The van der Waals surface area contributed by atoms with Gasteiger partial charge in [-0.1, -0.05) is 6.07 Å². The number of aryl methyl sites for hydroxylation is 1. The topological polar surface area (TPSA) is 67.0 Å². The second kappa shape index (κ2) is 10.7. The SMILES string of the molecule is CCOCC1CCN(C(=NC)NCCCc2nnc3ccccn23)C1.I. The lowest BCUT2D eigenvalue weighted by Gasteiger charge is -2.21. The molecule has 1 saturated heterocycles. The fourth-order valence-electron chi connectivity index (χ4n) is 3.29. The molecule has 3 heterocycles. The van der Waals surface area contributed by atoms with Crippen molar-refractivity contribution in [2.45, 2.75) is 26.2 Å². The van der Waals surface area contributed by atoms with Crippen molar-refractivity contribution < 1.29 is 4.74 Å². The Kier molecular flexibility index (Phi) is 8.56. The van der Waals surface area contributed by atoms with E-state index in [1.54, 1.807) is 0 Å². The van der Waals surface area contributed by atoms with E-state index in [1.807, 2.05) is 42.8 Å². The molecule has 1 aliphatic rings. The Morgan fingerprint density at radius 2 is 2.27 bits per heavy atom. The molecule has 1 atom stereocenters. The number of halogens is 1. The van der Waals surface area contributed by atoms with Gasteiger partial charge >= 0.3 is 0 Å². The number of rotatable bonds is 7. The fourth-order valence-corrected chi connectivity index (χ4v) is 3.29. The molecule has 0 spiro atoms. The number of hydrogen-bond acceptors (Lipinski definition) is 4. The number of aromatic nitrogens is 3. The Morgan fingerprint density at radius 3 is 3.08 bits per heavy atom. The van der Waals surface area contributed by atoms with Crippen molar-refractivity contribution in [1.82, 2.24) is 24.8 Å². The Hall–Kier alpha value is -1.42. The Bertz CT molecular complexity index is 704. The van der Waals surface area contributed by atoms with Gasteiger partial charge in [-0.15, -0.1) is 34.2 Å². The van der Waals surface area contributed by atoms with Gasteiger partial charge in [0.25, 0.3) is 0 Å². The van der Waals surface area contributed by atoms with Crippen LogP contribution in [0.5, 0.6) is 0 Å². The van der Waals surface area contributed by atoms with Crippen LogP contribution in [0.25, 0.3) is 5.65 Å². The first kappa shape index (κ1) is 20.9. The van der Waals surface area contributed by atoms with Crippen molar-refractivity contribution in [2.24, 2.45) is 10.9 Å². The molecule has 0 aromatic carbocycles. The summed E-state index contributed by atoms with van der Waals surface area (Å²) in [6, 6.07) is 5.96. The molecular formula is C18H29IN6O. The van der Waals surface area contributed by atoms with Crippen molar-refractivity contribution in [3.8, 4) is 0 Å². The van der Waals surface area contributed by atoms with Gasteiger partial charge in [-0.3, -0.25) is 9.39 Å². The highest BCUT2D eigenvalue weighted by atomic mass is 127. The number of fused-ring (bicyclic) bond motifs is 1. The van der Waals surface area contributed by atoms with E-state index in [2.05, 4.69) is 25.4 Å². The number of aliphatic imine (C=N–C) groups is 1. The van der Waals surface area contributed by atoms with E-state index in [0.29, 0.717) is 5.92 Å². The smallest absolute Gasteiger partial charge is 0.193 e. The minimum Gasteiger partial charge on any atom is -0.381 e. The number of nitrogens with zero attached hydrogens (tertiary/aromatic N) is 5. The molecule has 1 N–H and O–H groups in total. The molecule has 0 amide bonds. The molecule has 2 aromatic rings. The monoisotopic (exact) mass is 472 g/mol. The molecule has 26 heavy (non-hydrogen) atoms. The quantitative estimate of drug-likeness (QED) is 0.290. The third-order valence-corrected chi connectivity index (χ3v) is 4.60. The van der Waals surface area contributed by atoms with Gasteiger partial charge in [-0.25, -0.2) is 0 Å². The van der Waals surface area contributed by atoms with Crippen LogP contribution in [0.15, 0.2) is 29.4 Å². The normalized spacial score (nSPS) is 17.5. The van der Waals surface area contributed by atoms with E-state index in [4.69, 9.17) is 4.74 Å². The van der Waals surface area contributed by atoms with E-state index in [1.165, 1.54) is 6.42 Å². The highest BCUT2D eigenvalue weighted by Crippen LogP contribution is 2.16. The molecule has 1 aliphatic heterocycles. The van der Waals surface area contributed by atoms with Gasteiger partial charge in [0.2, 0.25) is 0 Å².